The van der Waals surface area contributed by atoms with Crippen molar-refractivity contribution in [3.8, 4) is 0 Å². The molecule has 0 unspecified atom stereocenters. The Morgan fingerprint density at radius 3 is 2.81 bits per heavy atom. The zero-order valence-electron chi connectivity index (χ0n) is 9.46. The van der Waals surface area contributed by atoms with E-state index in [-0.39, 0.29) is 17.8 Å². The van der Waals surface area contributed by atoms with Crippen molar-refractivity contribution in [1.29, 1.82) is 0 Å². The summed E-state index contributed by atoms with van der Waals surface area (Å²) < 4.78 is 12.5. The minimum absolute atomic E-state index is 0.00962. The average Bonchev–Trinajstić information content (AvgIpc) is 2.20. The van der Waals surface area contributed by atoms with Gasteiger partial charge in [-0.1, -0.05) is 0 Å². The Morgan fingerprint density at radius 1 is 1.50 bits per heavy atom. The van der Waals surface area contributed by atoms with Gasteiger partial charge in [0.1, 0.15) is 11.6 Å². The topological polar surface area (TPSA) is 54.0 Å². The first-order valence-corrected chi connectivity index (χ1v) is 5.22. The molecule has 0 saturated carbocycles. The van der Waals surface area contributed by atoms with Crippen molar-refractivity contribution >= 4 is 11.7 Å². The number of nitrogens with zero attached hydrogens (tertiary/aromatic N) is 1. The molecule has 1 rings (SSSR count). The fourth-order valence-electron chi connectivity index (χ4n) is 1.18. The first-order chi connectivity index (χ1) is 7.58. The van der Waals surface area contributed by atoms with Crippen LogP contribution in [0.2, 0.25) is 0 Å². The Labute approximate surface area is 94.3 Å². The summed E-state index contributed by atoms with van der Waals surface area (Å²) in [5, 5.41) is 5.72. The Hall–Kier alpha value is -1.65. The number of aromatic nitrogens is 1. The van der Waals surface area contributed by atoms with Gasteiger partial charge in [-0.3, -0.25) is 4.79 Å². The predicted octanol–water partition coefficient (Wildman–Crippen LogP) is 1.55. The van der Waals surface area contributed by atoms with Crippen molar-refractivity contribution in [3.05, 3.63) is 24.1 Å². The van der Waals surface area contributed by atoms with E-state index in [9.17, 15) is 9.18 Å². The number of hydrogen-bond acceptors (Lipinski definition) is 3. The Morgan fingerprint density at radius 2 is 2.25 bits per heavy atom. The number of amides is 1. The molecular formula is C11H16FN3O. The third kappa shape index (κ3) is 4.72. The molecule has 1 aromatic rings. The molecule has 0 atom stereocenters. The molecule has 0 fully saturated rings. The summed E-state index contributed by atoms with van der Waals surface area (Å²) in [6.45, 7) is 4.30. The van der Waals surface area contributed by atoms with E-state index in [2.05, 4.69) is 15.6 Å². The minimum atomic E-state index is -0.372. The number of nitrogens with one attached hydrogen (secondary N) is 2. The fraction of sp³-hybridized carbons (Fsp3) is 0.455. The van der Waals surface area contributed by atoms with Crippen molar-refractivity contribution in [2.45, 2.75) is 26.3 Å². The van der Waals surface area contributed by atoms with Crippen molar-refractivity contribution in [1.82, 2.24) is 10.3 Å². The van der Waals surface area contributed by atoms with Crippen LogP contribution in [0.25, 0.3) is 0 Å². The smallest absolute Gasteiger partial charge is 0.221 e. The molecule has 0 aliphatic carbocycles. The quantitative estimate of drug-likeness (QED) is 0.799. The SMILES string of the molecule is CC(C)NC(=O)CCNc1ccc(F)cn1. The van der Waals surface area contributed by atoms with Gasteiger partial charge in [-0.2, -0.15) is 0 Å². The summed E-state index contributed by atoms with van der Waals surface area (Å²) in [6.07, 6.45) is 1.51. The van der Waals surface area contributed by atoms with Gasteiger partial charge in [0.2, 0.25) is 5.91 Å². The Balaban J connectivity index is 2.25. The number of halogens is 1. The number of carbonyl (C=O) groups excluding carboxylic acids is 1. The number of anilines is 1. The molecule has 0 aromatic carbocycles. The van der Waals surface area contributed by atoms with E-state index in [1.54, 1.807) is 0 Å². The third-order valence-corrected chi connectivity index (χ3v) is 1.84. The van der Waals surface area contributed by atoms with Crippen LogP contribution >= 0.6 is 0 Å². The molecule has 0 spiro atoms. The summed E-state index contributed by atoms with van der Waals surface area (Å²) in [4.78, 5) is 15.1. The largest absolute Gasteiger partial charge is 0.370 e. The molecule has 0 saturated heterocycles. The summed E-state index contributed by atoms with van der Waals surface area (Å²) in [5.74, 6) is 0.187. The Bertz CT molecular complexity index is 338. The van der Waals surface area contributed by atoms with Gasteiger partial charge in [-0.25, -0.2) is 9.37 Å². The lowest BCUT2D eigenvalue weighted by Crippen LogP contribution is -2.31. The summed E-state index contributed by atoms with van der Waals surface area (Å²) in [5.41, 5.74) is 0. The summed E-state index contributed by atoms with van der Waals surface area (Å²) in [7, 11) is 0. The normalized spacial score (nSPS) is 10.2. The van der Waals surface area contributed by atoms with Gasteiger partial charge in [-0.15, -0.1) is 0 Å². The van der Waals surface area contributed by atoms with E-state index in [4.69, 9.17) is 0 Å². The molecule has 2 N–H and O–H groups in total. The highest BCUT2D eigenvalue weighted by Gasteiger charge is 2.02. The molecular weight excluding hydrogens is 209 g/mol. The lowest BCUT2D eigenvalue weighted by Gasteiger charge is -2.08. The molecule has 1 heterocycles. The highest BCUT2D eigenvalue weighted by atomic mass is 19.1. The maximum Gasteiger partial charge on any atom is 0.221 e. The van der Waals surface area contributed by atoms with Crippen molar-refractivity contribution in [2.75, 3.05) is 11.9 Å². The zero-order chi connectivity index (χ0) is 12.0. The van der Waals surface area contributed by atoms with Gasteiger partial charge in [-0.05, 0) is 26.0 Å². The molecule has 0 radical (unpaired) electrons. The molecule has 16 heavy (non-hydrogen) atoms. The van der Waals surface area contributed by atoms with Crippen LogP contribution < -0.4 is 10.6 Å². The molecule has 0 aliphatic rings. The summed E-state index contributed by atoms with van der Waals surface area (Å²) >= 11 is 0. The summed E-state index contributed by atoms with van der Waals surface area (Å²) in [6, 6.07) is 3.01. The molecule has 88 valence electrons. The number of rotatable bonds is 5. The van der Waals surface area contributed by atoms with Gasteiger partial charge in [0.15, 0.2) is 0 Å². The first kappa shape index (κ1) is 12.4. The number of pyridine rings is 1. The van der Waals surface area contributed by atoms with Crippen LogP contribution in [0.5, 0.6) is 0 Å². The standard InChI is InChI=1S/C11H16FN3O/c1-8(2)15-11(16)5-6-13-10-4-3-9(12)7-14-10/h3-4,7-8H,5-6H2,1-2H3,(H,13,14)(H,15,16). The van der Waals surface area contributed by atoms with Crippen LogP contribution in [0.1, 0.15) is 20.3 Å². The van der Waals surface area contributed by atoms with E-state index >= 15 is 0 Å². The monoisotopic (exact) mass is 225 g/mol. The van der Waals surface area contributed by atoms with Crippen LogP contribution in [0.4, 0.5) is 10.2 Å². The van der Waals surface area contributed by atoms with Crippen LogP contribution in [0.3, 0.4) is 0 Å². The van der Waals surface area contributed by atoms with Gasteiger partial charge in [0, 0.05) is 19.0 Å². The van der Waals surface area contributed by atoms with Crippen LogP contribution in [-0.4, -0.2) is 23.5 Å². The van der Waals surface area contributed by atoms with Crippen molar-refractivity contribution in [2.24, 2.45) is 0 Å². The van der Waals surface area contributed by atoms with Gasteiger partial charge >= 0.3 is 0 Å². The van der Waals surface area contributed by atoms with Crippen LogP contribution in [0.15, 0.2) is 18.3 Å². The second kappa shape index (κ2) is 6.05. The van der Waals surface area contributed by atoms with E-state index in [0.717, 1.165) is 6.20 Å². The maximum absolute atomic E-state index is 12.5. The van der Waals surface area contributed by atoms with Gasteiger partial charge < -0.3 is 10.6 Å². The van der Waals surface area contributed by atoms with E-state index in [1.807, 2.05) is 13.8 Å². The van der Waals surface area contributed by atoms with Gasteiger partial charge in [0.25, 0.3) is 0 Å². The maximum atomic E-state index is 12.5. The predicted molar refractivity (Wildman–Crippen MR) is 60.6 cm³/mol. The van der Waals surface area contributed by atoms with Gasteiger partial charge in [0.05, 0.1) is 6.20 Å². The zero-order valence-corrected chi connectivity index (χ0v) is 9.46. The first-order valence-electron chi connectivity index (χ1n) is 5.22. The highest BCUT2D eigenvalue weighted by Crippen LogP contribution is 2.02. The van der Waals surface area contributed by atoms with Crippen molar-refractivity contribution in [3.63, 3.8) is 0 Å². The van der Waals surface area contributed by atoms with Crippen LogP contribution in [-0.2, 0) is 4.79 Å². The van der Waals surface area contributed by atoms with E-state index < -0.39 is 0 Å². The molecule has 4 nitrogen and oxygen atoms in total. The second-order valence-electron chi connectivity index (χ2n) is 3.76. The second-order valence-corrected chi connectivity index (χ2v) is 3.76. The van der Waals surface area contributed by atoms with E-state index in [0.29, 0.717) is 18.8 Å². The lowest BCUT2D eigenvalue weighted by atomic mass is 10.3. The minimum Gasteiger partial charge on any atom is -0.370 e. The molecule has 1 aromatic heterocycles. The number of carbonyl (C=O) groups is 1. The molecule has 1 amide bonds. The highest BCUT2D eigenvalue weighted by molar-refractivity contribution is 5.76. The van der Waals surface area contributed by atoms with Crippen molar-refractivity contribution < 1.29 is 9.18 Å². The third-order valence-electron chi connectivity index (χ3n) is 1.84. The molecule has 5 heteroatoms. The average molecular weight is 225 g/mol. The Kier molecular flexibility index (Phi) is 4.69. The van der Waals surface area contributed by atoms with E-state index in [1.165, 1.54) is 12.1 Å². The molecule has 0 aliphatic heterocycles. The molecule has 0 bridgehead atoms. The van der Waals surface area contributed by atoms with Crippen LogP contribution in [0, 0.1) is 5.82 Å². The fourth-order valence-corrected chi connectivity index (χ4v) is 1.18. The lowest BCUT2D eigenvalue weighted by molar-refractivity contribution is -0.121. The number of hydrogen-bond donors (Lipinski definition) is 2.